The summed E-state index contributed by atoms with van der Waals surface area (Å²) >= 11 is 0. The smallest absolute Gasteiger partial charge is 0.271 e. The van der Waals surface area contributed by atoms with Crippen LogP contribution in [0.15, 0.2) is 4.79 Å². The van der Waals surface area contributed by atoms with Crippen LogP contribution in [-0.4, -0.2) is 28.2 Å². The lowest BCUT2D eigenvalue weighted by Gasteiger charge is -2.17. The molecule has 0 radical (unpaired) electrons. The van der Waals surface area contributed by atoms with E-state index in [2.05, 4.69) is 0 Å². The molecule has 1 rings (SSSR count). The fourth-order valence-corrected chi connectivity index (χ4v) is 2.28. The van der Waals surface area contributed by atoms with Gasteiger partial charge in [-0.15, -0.1) is 0 Å². The van der Waals surface area contributed by atoms with Crippen molar-refractivity contribution in [3.8, 4) is 11.9 Å². The molecular formula is C17H24N2O4. The van der Waals surface area contributed by atoms with E-state index in [9.17, 15) is 20.0 Å². The molecule has 0 aliphatic heterocycles. The number of carbonyl (C=O) groups excluding carboxylic acids is 1. The number of ether oxygens (including phenoxy) is 1. The number of hydrogen-bond acceptors (Lipinski definition) is 5. The molecule has 1 N–H and O–H groups in total. The Morgan fingerprint density at radius 2 is 1.96 bits per heavy atom. The lowest BCUT2D eigenvalue weighted by atomic mass is 9.95. The highest BCUT2D eigenvalue weighted by atomic mass is 16.5. The SMILES string of the molecule is Cc1c(C(=O)C(C)C)c(O)n(CCCOC(C)C)c(=O)c1C#N. The highest BCUT2D eigenvalue weighted by Crippen LogP contribution is 2.24. The van der Waals surface area contributed by atoms with E-state index in [1.807, 2.05) is 19.9 Å². The van der Waals surface area contributed by atoms with E-state index < -0.39 is 5.56 Å². The number of carbonyl (C=O) groups is 1. The molecule has 23 heavy (non-hydrogen) atoms. The van der Waals surface area contributed by atoms with Gasteiger partial charge in [0.1, 0.15) is 11.6 Å². The lowest BCUT2D eigenvalue weighted by Crippen LogP contribution is -2.28. The van der Waals surface area contributed by atoms with E-state index in [-0.39, 0.29) is 46.9 Å². The second kappa shape index (κ2) is 7.93. The molecule has 1 heterocycles. The molecule has 126 valence electrons. The predicted molar refractivity (Wildman–Crippen MR) is 86.7 cm³/mol. The van der Waals surface area contributed by atoms with Crippen LogP contribution in [0.3, 0.4) is 0 Å². The van der Waals surface area contributed by atoms with E-state index in [1.165, 1.54) is 6.92 Å². The Balaban J connectivity index is 3.30. The molecule has 0 bridgehead atoms. The van der Waals surface area contributed by atoms with Crippen molar-refractivity contribution >= 4 is 5.78 Å². The van der Waals surface area contributed by atoms with Crippen LogP contribution in [0, 0.1) is 24.2 Å². The molecule has 6 heteroatoms. The molecule has 0 amide bonds. The fourth-order valence-electron chi connectivity index (χ4n) is 2.28. The van der Waals surface area contributed by atoms with Crippen molar-refractivity contribution in [3.05, 3.63) is 27.0 Å². The maximum absolute atomic E-state index is 12.3. The highest BCUT2D eigenvalue weighted by molar-refractivity contribution is 6.01. The zero-order valence-electron chi connectivity index (χ0n) is 14.3. The average Bonchev–Trinajstić information content (AvgIpc) is 2.46. The van der Waals surface area contributed by atoms with Crippen molar-refractivity contribution in [1.29, 1.82) is 5.26 Å². The summed E-state index contributed by atoms with van der Waals surface area (Å²) in [6.45, 7) is 9.35. The van der Waals surface area contributed by atoms with Crippen molar-refractivity contribution < 1.29 is 14.6 Å². The summed E-state index contributed by atoms with van der Waals surface area (Å²) < 4.78 is 6.50. The van der Waals surface area contributed by atoms with Gasteiger partial charge in [-0.25, -0.2) is 0 Å². The lowest BCUT2D eigenvalue weighted by molar-refractivity contribution is 0.0743. The first kappa shape index (κ1) is 18.9. The third kappa shape index (κ3) is 4.20. The Morgan fingerprint density at radius 1 is 1.35 bits per heavy atom. The summed E-state index contributed by atoms with van der Waals surface area (Å²) in [7, 11) is 0. The molecule has 0 fully saturated rings. The summed E-state index contributed by atoms with van der Waals surface area (Å²) in [5.74, 6) is -1.00. The topological polar surface area (TPSA) is 92.3 Å². The maximum atomic E-state index is 12.3. The Morgan fingerprint density at radius 3 is 2.43 bits per heavy atom. The monoisotopic (exact) mass is 320 g/mol. The molecule has 0 aromatic carbocycles. The third-order valence-corrected chi connectivity index (χ3v) is 3.55. The fraction of sp³-hybridized carbons (Fsp3) is 0.588. The minimum atomic E-state index is -0.577. The second-order valence-corrected chi connectivity index (χ2v) is 6.06. The number of rotatable bonds is 7. The largest absolute Gasteiger partial charge is 0.494 e. The molecule has 0 saturated heterocycles. The van der Waals surface area contributed by atoms with E-state index >= 15 is 0 Å². The number of hydrogen-bond donors (Lipinski definition) is 1. The van der Waals surface area contributed by atoms with E-state index in [1.54, 1.807) is 13.8 Å². The standard InChI is InChI=1S/C17H24N2O4/c1-10(2)15(20)14-12(5)13(9-18)16(21)19(17(14)22)7-6-8-23-11(3)4/h10-11,22H,6-8H2,1-5H3. The van der Waals surface area contributed by atoms with Gasteiger partial charge in [0.05, 0.1) is 11.7 Å². The van der Waals surface area contributed by atoms with Gasteiger partial charge in [-0.2, -0.15) is 5.26 Å². The Labute approximate surface area is 136 Å². The first-order chi connectivity index (χ1) is 10.7. The van der Waals surface area contributed by atoms with Gasteiger partial charge >= 0.3 is 0 Å². The van der Waals surface area contributed by atoms with Crippen molar-refractivity contribution in [2.75, 3.05) is 6.61 Å². The number of aromatic nitrogens is 1. The van der Waals surface area contributed by atoms with Crippen molar-refractivity contribution in [2.45, 2.75) is 53.7 Å². The van der Waals surface area contributed by atoms with Gasteiger partial charge in [0.25, 0.3) is 5.56 Å². The van der Waals surface area contributed by atoms with Crippen LogP contribution in [0.1, 0.15) is 55.6 Å². The predicted octanol–water partition coefficient (Wildman–Crippen LogP) is 2.39. The van der Waals surface area contributed by atoms with Gasteiger partial charge in [-0.1, -0.05) is 13.8 Å². The molecule has 0 aliphatic carbocycles. The number of nitriles is 1. The number of Topliss-reactive ketones (excluding diaryl/α,β-unsaturated/α-hetero) is 1. The minimum absolute atomic E-state index is 0.0564. The van der Waals surface area contributed by atoms with Crippen LogP contribution in [0.25, 0.3) is 0 Å². The first-order valence-electron chi connectivity index (χ1n) is 7.74. The van der Waals surface area contributed by atoms with Gasteiger partial charge in [-0.3, -0.25) is 14.2 Å². The summed E-state index contributed by atoms with van der Waals surface area (Å²) in [5.41, 5.74) is -0.381. The van der Waals surface area contributed by atoms with Gasteiger partial charge in [0, 0.05) is 19.1 Å². The number of pyridine rings is 1. The molecule has 0 unspecified atom stereocenters. The Kier molecular flexibility index (Phi) is 6.52. The Bertz CT molecular complexity index is 681. The van der Waals surface area contributed by atoms with Crippen LogP contribution in [-0.2, 0) is 11.3 Å². The molecule has 1 aromatic rings. The molecule has 6 nitrogen and oxygen atoms in total. The van der Waals surface area contributed by atoms with Crippen molar-refractivity contribution in [3.63, 3.8) is 0 Å². The second-order valence-electron chi connectivity index (χ2n) is 6.06. The summed E-state index contributed by atoms with van der Waals surface area (Å²) in [6, 6.07) is 1.85. The molecule has 0 aliphatic rings. The van der Waals surface area contributed by atoms with Crippen LogP contribution < -0.4 is 5.56 Å². The van der Waals surface area contributed by atoms with Gasteiger partial charge in [-0.05, 0) is 32.8 Å². The van der Waals surface area contributed by atoms with E-state index in [0.717, 1.165) is 4.57 Å². The summed E-state index contributed by atoms with van der Waals surface area (Å²) in [5, 5.41) is 19.6. The van der Waals surface area contributed by atoms with Crippen LogP contribution in [0.4, 0.5) is 0 Å². The van der Waals surface area contributed by atoms with Crippen molar-refractivity contribution in [2.24, 2.45) is 5.92 Å². The van der Waals surface area contributed by atoms with Crippen molar-refractivity contribution in [1.82, 2.24) is 4.57 Å². The quantitative estimate of drug-likeness (QED) is 0.615. The summed E-state index contributed by atoms with van der Waals surface area (Å²) in [4.78, 5) is 24.7. The number of ketones is 1. The van der Waals surface area contributed by atoms with Crippen LogP contribution in [0.2, 0.25) is 0 Å². The zero-order valence-corrected chi connectivity index (χ0v) is 14.3. The molecule has 0 spiro atoms. The third-order valence-electron chi connectivity index (χ3n) is 3.55. The molecule has 1 aromatic heterocycles. The van der Waals surface area contributed by atoms with E-state index in [0.29, 0.717) is 13.0 Å². The first-order valence-corrected chi connectivity index (χ1v) is 7.74. The molecule has 0 atom stereocenters. The summed E-state index contributed by atoms with van der Waals surface area (Å²) in [6.07, 6.45) is 0.570. The number of aromatic hydroxyl groups is 1. The van der Waals surface area contributed by atoms with Crippen LogP contribution >= 0.6 is 0 Å². The van der Waals surface area contributed by atoms with Gasteiger partial charge in [0.2, 0.25) is 5.88 Å². The van der Waals surface area contributed by atoms with E-state index in [4.69, 9.17) is 4.74 Å². The zero-order chi connectivity index (χ0) is 17.7. The van der Waals surface area contributed by atoms with Crippen LogP contribution in [0.5, 0.6) is 5.88 Å². The van der Waals surface area contributed by atoms with Gasteiger partial charge < -0.3 is 9.84 Å². The molecule has 0 saturated carbocycles. The molecular weight excluding hydrogens is 296 g/mol. The normalized spacial score (nSPS) is 11.0. The highest BCUT2D eigenvalue weighted by Gasteiger charge is 2.25. The maximum Gasteiger partial charge on any atom is 0.271 e. The number of nitrogens with zero attached hydrogens (tertiary/aromatic N) is 2. The Hall–Kier alpha value is -2.13. The minimum Gasteiger partial charge on any atom is -0.494 e. The average molecular weight is 320 g/mol. The van der Waals surface area contributed by atoms with Gasteiger partial charge in [0.15, 0.2) is 5.78 Å².